The molecule has 7 heteroatoms. The van der Waals surface area contributed by atoms with E-state index in [9.17, 15) is 4.79 Å². The van der Waals surface area contributed by atoms with Crippen LogP contribution in [-0.4, -0.2) is 35.2 Å². The van der Waals surface area contributed by atoms with Crippen molar-refractivity contribution in [3.63, 3.8) is 0 Å². The lowest BCUT2D eigenvalue weighted by Gasteiger charge is -2.35. The molecule has 0 amide bonds. The molecule has 1 aromatic heterocycles. The van der Waals surface area contributed by atoms with Crippen LogP contribution >= 0.6 is 22.9 Å². The largest absolute Gasteiger partial charge is 0.481 e. The molecule has 1 aliphatic rings. The average Bonchev–Trinajstić information content (AvgIpc) is 3.15. The van der Waals surface area contributed by atoms with E-state index in [0.717, 1.165) is 64.0 Å². The summed E-state index contributed by atoms with van der Waals surface area (Å²) in [5.74, 6) is -0.177. The summed E-state index contributed by atoms with van der Waals surface area (Å²) in [6, 6.07) is 14.1. The van der Waals surface area contributed by atoms with Gasteiger partial charge in [-0.3, -0.25) is 4.79 Å². The summed E-state index contributed by atoms with van der Waals surface area (Å²) in [6.45, 7) is 5.03. The van der Waals surface area contributed by atoms with E-state index in [2.05, 4.69) is 17.1 Å². The number of nitrogens with zero attached hydrogens (tertiary/aromatic N) is 2. The fraction of sp³-hybridized carbons (Fsp3) is 0.391. The van der Waals surface area contributed by atoms with Gasteiger partial charge in [0.05, 0.1) is 16.6 Å². The maximum absolute atomic E-state index is 10.9. The molecule has 1 unspecified atom stereocenters. The van der Waals surface area contributed by atoms with E-state index < -0.39 is 5.97 Å². The van der Waals surface area contributed by atoms with Crippen molar-refractivity contribution in [1.29, 1.82) is 0 Å². The van der Waals surface area contributed by atoms with Gasteiger partial charge in [0.1, 0.15) is 0 Å². The van der Waals surface area contributed by atoms with Crippen molar-refractivity contribution in [2.45, 2.75) is 38.8 Å². The normalized spacial score (nSPS) is 16.1. The smallest absolute Gasteiger partial charge is 0.307 e. The maximum atomic E-state index is 10.9. The van der Waals surface area contributed by atoms with Gasteiger partial charge in [-0.2, -0.15) is 0 Å². The van der Waals surface area contributed by atoms with Crippen molar-refractivity contribution in [2.24, 2.45) is 5.92 Å². The van der Waals surface area contributed by atoms with Gasteiger partial charge >= 0.3 is 5.97 Å². The van der Waals surface area contributed by atoms with Gasteiger partial charge < -0.3 is 15.3 Å². The number of carbonyl (C=O) groups is 1. The summed E-state index contributed by atoms with van der Waals surface area (Å²) in [5.41, 5.74) is 2.99. The molecule has 1 atom stereocenters. The summed E-state index contributed by atoms with van der Waals surface area (Å²) in [5, 5.41) is 14.5. The number of carboxylic acids is 1. The lowest BCUT2D eigenvalue weighted by molar-refractivity contribution is -0.136. The highest BCUT2D eigenvalue weighted by Crippen LogP contribution is 2.33. The number of rotatable bonds is 7. The van der Waals surface area contributed by atoms with E-state index in [0.29, 0.717) is 12.0 Å². The molecule has 1 aliphatic heterocycles. The lowest BCUT2D eigenvalue weighted by Crippen LogP contribution is -2.41. The average molecular weight is 444 g/mol. The fourth-order valence-corrected chi connectivity index (χ4v) is 5.38. The molecule has 3 aromatic rings. The molecule has 1 saturated heterocycles. The van der Waals surface area contributed by atoms with Gasteiger partial charge in [0.2, 0.25) is 0 Å². The van der Waals surface area contributed by atoms with Gasteiger partial charge in [-0.05, 0) is 55.0 Å². The molecule has 4 rings (SSSR count). The number of thiazole rings is 1. The van der Waals surface area contributed by atoms with Crippen LogP contribution in [0.5, 0.6) is 0 Å². The van der Waals surface area contributed by atoms with Crippen LogP contribution in [0.1, 0.15) is 30.9 Å². The minimum Gasteiger partial charge on any atom is -0.481 e. The Morgan fingerprint density at radius 2 is 2.03 bits per heavy atom. The molecule has 30 heavy (non-hydrogen) atoms. The zero-order chi connectivity index (χ0) is 21.1. The van der Waals surface area contributed by atoms with Gasteiger partial charge in [-0.25, -0.2) is 4.98 Å². The second-order valence-corrected chi connectivity index (χ2v) is 9.44. The third-order valence-electron chi connectivity index (χ3n) is 5.83. The Morgan fingerprint density at radius 1 is 1.27 bits per heavy atom. The number of aromatic nitrogens is 1. The predicted molar refractivity (Wildman–Crippen MR) is 124 cm³/mol. The first kappa shape index (κ1) is 21.1. The lowest BCUT2D eigenvalue weighted by atomic mass is 9.90. The molecular weight excluding hydrogens is 418 g/mol. The second-order valence-electron chi connectivity index (χ2n) is 7.99. The highest BCUT2D eigenvalue weighted by atomic mass is 35.5. The van der Waals surface area contributed by atoms with Gasteiger partial charge in [-0.15, -0.1) is 0 Å². The highest BCUT2D eigenvalue weighted by molar-refractivity contribution is 7.22. The molecule has 5 nitrogen and oxygen atoms in total. The Balaban J connectivity index is 1.29. The van der Waals surface area contributed by atoms with Gasteiger partial charge in [0.15, 0.2) is 5.13 Å². The molecule has 2 N–H and O–H groups in total. The summed E-state index contributed by atoms with van der Waals surface area (Å²) >= 11 is 7.82. The van der Waals surface area contributed by atoms with Gasteiger partial charge in [0, 0.05) is 30.7 Å². The number of benzene rings is 2. The Bertz CT molecular complexity index is 1030. The standard InChI is InChI=1S/C23H26ClN3O2S/c1-15(25-14-17-4-2-3-16(11-17)12-22(28)29)18-7-9-27(10-8-18)23-26-20-6-5-19(24)13-21(20)30-23/h2-6,11,13,15,18,25H,7-10,12,14H2,1H3,(H,28,29). The van der Waals surface area contributed by atoms with E-state index in [-0.39, 0.29) is 6.42 Å². The number of halogens is 1. The molecule has 0 bridgehead atoms. The Hall–Kier alpha value is -2.15. The van der Waals surface area contributed by atoms with Crippen LogP contribution in [-0.2, 0) is 17.8 Å². The van der Waals surface area contributed by atoms with Crippen molar-refractivity contribution in [3.8, 4) is 0 Å². The van der Waals surface area contributed by atoms with Crippen LogP contribution in [0.4, 0.5) is 5.13 Å². The molecule has 2 aromatic carbocycles. The predicted octanol–water partition coefficient (Wildman–Crippen LogP) is 4.97. The van der Waals surface area contributed by atoms with Crippen molar-refractivity contribution in [3.05, 3.63) is 58.6 Å². The minimum atomic E-state index is -0.795. The SMILES string of the molecule is CC(NCc1cccc(CC(=O)O)c1)C1CCN(c2nc3ccc(Cl)cc3s2)CC1. The maximum Gasteiger partial charge on any atom is 0.307 e. The molecular formula is C23H26ClN3O2S. The van der Waals surface area contributed by atoms with Crippen LogP contribution in [0, 0.1) is 5.92 Å². The van der Waals surface area contributed by atoms with E-state index in [4.69, 9.17) is 21.7 Å². The van der Waals surface area contributed by atoms with E-state index in [1.165, 1.54) is 0 Å². The first-order chi connectivity index (χ1) is 14.5. The molecule has 0 aliphatic carbocycles. The van der Waals surface area contributed by atoms with Crippen LogP contribution in [0.25, 0.3) is 10.2 Å². The topological polar surface area (TPSA) is 65.5 Å². The molecule has 0 radical (unpaired) electrons. The van der Waals surface area contributed by atoms with Crippen LogP contribution in [0.15, 0.2) is 42.5 Å². The van der Waals surface area contributed by atoms with Crippen molar-refractivity contribution in [2.75, 3.05) is 18.0 Å². The number of piperidine rings is 1. The van der Waals surface area contributed by atoms with Gasteiger partial charge in [0.25, 0.3) is 0 Å². The second kappa shape index (κ2) is 9.33. The summed E-state index contributed by atoms with van der Waals surface area (Å²) in [7, 11) is 0. The van der Waals surface area contributed by atoms with Gasteiger partial charge in [-0.1, -0.05) is 47.2 Å². The summed E-state index contributed by atoms with van der Waals surface area (Å²) in [4.78, 5) is 18.1. The Morgan fingerprint density at radius 3 is 2.80 bits per heavy atom. The first-order valence-corrected chi connectivity index (χ1v) is 11.5. The minimum absolute atomic E-state index is 0.0693. The molecule has 158 valence electrons. The zero-order valence-corrected chi connectivity index (χ0v) is 18.5. The Labute approximate surface area is 185 Å². The number of aliphatic carboxylic acids is 1. The van der Waals surface area contributed by atoms with Crippen LogP contribution in [0.3, 0.4) is 0 Å². The van der Waals surface area contributed by atoms with Crippen LogP contribution < -0.4 is 10.2 Å². The molecule has 1 fully saturated rings. The van der Waals surface area contributed by atoms with E-state index >= 15 is 0 Å². The highest BCUT2D eigenvalue weighted by Gasteiger charge is 2.25. The monoisotopic (exact) mass is 443 g/mol. The first-order valence-electron chi connectivity index (χ1n) is 10.3. The number of anilines is 1. The number of nitrogens with one attached hydrogen (secondary N) is 1. The number of fused-ring (bicyclic) bond motifs is 1. The fourth-order valence-electron chi connectivity index (χ4n) is 4.08. The van der Waals surface area contributed by atoms with Crippen molar-refractivity contribution >= 4 is 44.3 Å². The molecule has 0 saturated carbocycles. The number of hydrogen-bond acceptors (Lipinski definition) is 5. The number of hydrogen-bond donors (Lipinski definition) is 2. The van der Waals surface area contributed by atoms with E-state index in [1.54, 1.807) is 11.3 Å². The Kier molecular flexibility index (Phi) is 6.56. The summed E-state index contributed by atoms with van der Waals surface area (Å²) in [6.07, 6.45) is 2.33. The van der Waals surface area contributed by atoms with Crippen molar-refractivity contribution in [1.82, 2.24) is 10.3 Å². The molecule has 2 heterocycles. The van der Waals surface area contributed by atoms with E-state index in [1.807, 2.05) is 42.5 Å². The quantitative estimate of drug-likeness (QED) is 0.539. The third kappa shape index (κ3) is 5.12. The van der Waals surface area contributed by atoms with Crippen molar-refractivity contribution < 1.29 is 9.90 Å². The van der Waals surface area contributed by atoms with Crippen LogP contribution in [0.2, 0.25) is 5.02 Å². The molecule has 0 spiro atoms. The third-order valence-corrected chi connectivity index (χ3v) is 7.15. The zero-order valence-electron chi connectivity index (χ0n) is 17.0. The number of carboxylic acid groups (broad SMARTS) is 1. The summed E-state index contributed by atoms with van der Waals surface area (Å²) < 4.78 is 1.14.